The van der Waals surface area contributed by atoms with Crippen LogP contribution in [0.15, 0.2) is 46.9 Å². The monoisotopic (exact) mass is 257 g/mol. The van der Waals surface area contributed by atoms with Gasteiger partial charge in [-0.1, -0.05) is 18.2 Å². The van der Waals surface area contributed by atoms with Crippen molar-refractivity contribution in [1.82, 2.24) is 20.2 Å². The van der Waals surface area contributed by atoms with Gasteiger partial charge in [-0.25, -0.2) is 0 Å². The lowest BCUT2D eigenvalue weighted by molar-refractivity contribution is -0.401. The molecule has 3 rings (SSSR count). The van der Waals surface area contributed by atoms with Crippen molar-refractivity contribution in [1.29, 1.82) is 0 Å². The van der Waals surface area contributed by atoms with Gasteiger partial charge in [-0.05, 0) is 28.6 Å². The summed E-state index contributed by atoms with van der Waals surface area (Å²) in [6.07, 6.45) is 0. The molecule has 2 aromatic heterocycles. The van der Waals surface area contributed by atoms with Crippen LogP contribution in [-0.2, 0) is 0 Å². The van der Waals surface area contributed by atoms with E-state index in [9.17, 15) is 10.1 Å². The fraction of sp³-hybridized carbons (Fsp3) is 0. The minimum absolute atomic E-state index is 0.237. The second-order valence-corrected chi connectivity index (χ2v) is 3.64. The Bertz CT molecular complexity index is 719. The summed E-state index contributed by atoms with van der Waals surface area (Å²) in [5.74, 6) is 0.192. The number of tetrazole rings is 1. The van der Waals surface area contributed by atoms with E-state index in [-0.39, 0.29) is 11.6 Å². The highest BCUT2D eigenvalue weighted by Gasteiger charge is 2.18. The Balaban J connectivity index is 2.07. The first-order chi connectivity index (χ1) is 9.25. The lowest BCUT2D eigenvalue weighted by atomic mass is 10.3. The lowest BCUT2D eigenvalue weighted by Gasteiger charge is -2.00. The topological polar surface area (TPSA) is 99.9 Å². The maximum Gasteiger partial charge on any atom is 0.433 e. The van der Waals surface area contributed by atoms with Crippen molar-refractivity contribution < 1.29 is 9.34 Å². The van der Waals surface area contributed by atoms with Gasteiger partial charge in [0, 0.05) is 0 Å². The third-order valence-corrected chi connectivity index (χ3v) is 2.46. The van der Waals surface area contributed by atoms with Gasteiger partial charge in [-0.15, -0.1) is 5.10 Å². The van der Waals surface area contributed by atoms with Gasteiger partial charge in [-0.2, -0.15) is 4.68 Å². The Kier molecular flexibility index (Phi) is 2.53. The van der Waals surface area contributed by atoms with Gasteiger partial charge in [0.25, 0.3) is 0 Å². The summed E-state index contributed by atoms with van der Waals surface area (Å²) in [7, 11) is 0. The summed E-state index contributed by atoms with van der Waals surface area (Å²) in [5.41, 5.74) is 0.738. The van der Waals surface area contributed by atoms with Crippen molar-refractivity contribution in [2.24, 2.45) is 0 Å². The maximum absolute atomic E-state index is 10.6. The number of nitrogens with zero attached hydrogens (tertiary/aromatic N) is 5. The summed E-state index contributed by atoms with van der Waals surface area (Å²) >= 11 is 0. The minimum atomic E-state index is -0.611. The fourth-order valence-electron chi connectivity index (χ4n) is 1.63. The molecule has 19 heavy (non-hydrogen) atoms. The molecule has 0 fully saturated rings. The smallest absolute Gasteiger partial charge is 0.397 e. The van der Waals surface area contributed by atoms with Gasteiger partial charge < -0.3 is 4.42 Å². The molecular weight excluding hydrogens is 250 g/mol. The first-order valence-electron chi connectivity index (χ1n) is 5.34. The van der Waals surface area contributed by atoms with Gasteiger partial charge in [-0.3, -0.25) is 10.1 Å². The Labute approximate surface area is 106 Å². The molecule has 0 spiro atoms. The first-order valence-corrected chi connectivity index (χ1v) is 5.34. The van der Waals surface area contributed by atoms with Gasteiger partial charge in [0.1, 0.15) is 4.92 Å². The number of hydrogen-bond acceptors (Lipinski definition) is 6. The summed E-state index contributed by atoms with van der Waals surface area (Å²) in [6, 6.07) is 11.9. The minimum Gasteiger partial charge on any atom is -0.397 e. The van der Waals surface area contributed by atoms with Crippen molar-refractivity contribution in [3.8, 4) is 17.3 Å². The van der Waals surface area contributed by atoms with Gasteiger partial charge in [0.05, 0.1) is 11.8 Å². The van der Waals surface area contributed by atoms with E-state index in [4.69, 9.17) is 4.42 Å². The van der Waals surface area contributed by atoms with Gasteiger partial charge in [0.2, 0.25) is 5.82 Å². The van der Waals surface area contributed by atoms with Crippen molar-refractivity contribution in [3.05, 3.63) is 52.6 Å². The zero-order valence-electron chi connectivity index (χ0n) is 9.50. The number of benzene rings is 1. The molecule has 0 saturated heterocycles. The molecule has 8 nitrogen and oxygen atoms in total. The molecule has 94 valence electrons. The third kappa shape index (κ3) is 1.95. The Hall–Kier alpha value is -3.03. The van der Waals surface area contributed by atoms with Crippen LogP contribution in [0.5, 0.6) is 0 Å². The van der Waals surface area contributed by atoms with E-state index in [2.05, 4.69) is 15.5 Å². The predicted octanol–water partition coefficient (Wildman–Crippen LogP) is 1.83. The highest BCUT2D eigenvalue weighted by atomic mass is 16.6. The van der Waals surface area contributed by atoms with Gasteiger partial charge >= 0.3 is 5.88 Å². The number of nitro groups is 1. The van der Waals surface area contributed by atoms with E-state index in [1.165, 1.54) is 16.8 Å². The standard InChI is InChI=1S/C11H7N5O3/c17-16(18)10-7-6-9(19-10)11-12-13-14-15(11)8-4-2-1-3-5-8/h1-7H. The molecule has 0 bridgehead atoms. The molecule has 3 aromatic rings. The van der Waals surface area contributed by atoms with Crippen LogP contribution in [0.3, 0.4) is 0 Å². The largest absolute Gasteiger partial charge is 0.433 e. The number of furan rings is 1. The molecule has 0 atom stereocenters. The van der Waals surface area contributed by atoms with E-state index in [0.717, 1.165) is 5.69 Å². The van der Waals surface area contributed by atoms with E-state index in [0.29, 0.717) is 5.82 Å². The van der Waals surface area contributed by atoms with Crippen LogP contribution in [0, 0.1) is 10.1 Å². The zero-order valence-corrected chi connectivity index (χ0v) is 9.50. The van der Waals surface area contributed by atoms with Crippen LogP contribution >= 0.6 is 0 Å². The van der Waals surface area contributed by atoms with Crippen LogP contribution in [-0.4, -0.2) is 25.1 Å². The van der Waals surface area contributed by atoms with Crippen molar-refractivity contribution in [3.63, 3.8) is 0 Å². The van der Waals surface area contributed by atoms with Crippen LogP contribution < -0.4 is 0 Å². The molecule has 0 N–H and O–H groups in total. The zero-order chi connectivity index (χ0) is 13.2. The van der Waals surface area contributed by atoms with Crippen molar-refractivity contribution in [2.75, 3.05) is 0 Å². The second kappa shape index (κ2) is 4.33. The third-order valence-electron chi connectivity index (χ3n) is 2.46. The first kappa shape index (κ1) is 11.1. The molecule has 0 radical (unpaired) electrons. The molecular formula is C11H7N5O3. The van der Waals surface area contributed by atoms with Crippen LogP contribution in [0.2, 0.25) is 0 Å². The molecule has 8 heteroatoms. The summed E-state index contributed by atoms with van der Waals surface area (Å²) in [5, 5.41) is 21.8. The number of para-hydroxylation sites is 1. The molecule has 0 saturated carbocycles. The molecule has 0 aliphatic carbocycles. The van der Waals surface area contributed by atoms with Gasteiger partial charge in [0.15, 0.2) is 5.76 Å². The van der Waals surface area contributed by atoms with E-state index in [1.807, 2.05) is 30.3 Å². The Morgan fingerprint density at radius 1 is 1.16 bits per heavy atom. The molecule has 1 aromatic carbocycles. The molecule has 0 aliphatic heterocycles. The molecule has 0 amide bonds. The second-order valence-electron chi connectivity index (χ2n) is 3.64. The molecule has 0 aliphatic rings. The van der Waals surface area contributed by atoms with Crippen LogP contribution in [0.25, 0.3) is 17.3 Å². The fourth-order valence-corrected chi connectivity index (χ4v) is 1.63. The van der Waals surface area contributed by atoms with Crippen LogP contribution in [0.4, 0.5) is 5.88 Å². The predicted molar refractivity (Wildman–Crippen MR) is 63.5 cm³/mol. The lowest BCUT2D eigenvalue weighted by Crippen LogP contribution is -1.98. The van der Waals surface area contributed by atoms with Crippen molar-refractivity contribution in [2.45, 2.75) is 0 Å². The van der Waals surface area contributed by atoms with E-state index >= 15 is 0 Å². The average molecular weight is 257 g/mol. The number of hydrogen-bond donors (Lipinski definition) is 0. The van der Waals surface area contributed by atoms with Crippen LogP contribution in [0.1, 0.15) is 0 Å². The highest BCUT2D eigenvalue weighted by molar-refractivity contribution is 5.52. The Morgan fingerprint density at radius 2 is 1.95 bits per heavy atom. The highest BCUT2D eigenvalue weighted by Crippen LogP contribution is 2.25. The number of rotatable bonds is 3. The van der Waals surface area contributed by atoms with E-state index < -0.39 is 4.92 Å². The van der Waals surface area contributed by atoms with Crippen molar-refractivity contribution >= 4 is 5.88 Å². The summed E-state index contributed by atoms with van der Waals surface area (Å²) in [4.78, 5) is 9.98. The number of aromatic nitrogens is 4. The summed E-state index contributed by atoms with van der Waals surface area (Å²) < 4.78 is 6.54. The average Bonchev–Trinajstić information content (AvgIpc) is 3.08. The maximum atomic E-state index is 10.6. The SMILES string of the molecule is O=[N+]([O-])c1ccc(-c2nnnn2-c2ccccc2)o1. The summed E-state index contributed by atoms with van der Waals surface area (Å²) in [6.45, 7) is 0. The molecule has 2 heterocycles. The molecule has 0 unspecified atom stereocenters. The van der Waals surface area contributed by atoms with E-state index in [1.54, 1.807) is 0 Å². The Morgan fingerprint density at radius 3 is 2.63 bits per heavy atom. The normalized spacial score (nSPS) is 10.5. The quantitative estimate of drug-likeness (QED) is 0.524.